The Morgan fingerprint density at radius 2 is 2.06 bits per heavy atom. The molecule has 3 N–H and O–H groups in total. The van der Waals surface area contributed by atoms with E-state index in [9.17, 15) is 4.79 Å². The lowest BCUT2D eigenvalue weighted by atomic mass is 9.84. The van der Waals surface area contributed by atoms with Gasteiger partial charge in [0.05, 0.1) is 19.1 Å². The molecule has 0 aromatic carbocycles. The summed E-state index contributed by atoms with van der Waals surface area (Å²) in [5.74, 6) is -0.0995. The highest BCUT2D eigenvalue weighted by atomic mass is 16.5. The van der Waals surface area contributed by atoms with Crippen LogP contribution in [0.25, 0.3) is 0 Å². The van der Waals surface area contributed by atoms with Crippen LogP contribution in [0, 0.1) is 11.3 Å². The first kappa shape index (κ1) is 17.1. The van der Waals surface area contributed by atoms with Crippen molar-refractivity contribution >= 4 is 5.91 Å². The molecule has 1 atom stereocenters. The Morgan fingerprint density at radius 1 is 1.44 bits per heavy atom. The molecule has 0 spiro atoms. The Labute approximate surface area is 111 Å². The van der Waals surface area contributed by atoms with Crippen LogP contribution >= 0.6 is 0 Å². The van der Waals surface area contributed by atoms with Crippen molar-refractivity contribution in [2.24, 2.45) is 17.1 Å². The van der Waals surface area contributed by atoms with Crippen LogP contribution in [0.5, 0.6) is 0 Å². The summed E-state index contributed by atoms with van der Waals surface area (Å²) < 4.78 is 5.31. The Bertz CT molecular complexity index is 269. The summed E-state index contributed by atoms with van der Waals surface area (Å²) in [6.45, 7) is 13.9. The van der Waals surface area contributed by atoms with Gasteiger partial charge in [0.15, 0.2) is 0 Å². The van der Waals surface area contributed by atoms with Crippen molar-refractivity contribution in [2.75, 3.05) is 26.3 Å². The molecule has 0 fully saturated rings. The predicted octanol–water partition coefficient (Wildman–Crippen LogP) is 1.71. The average Bonchev–Trinajstić information content (AvgIpc) is 2.23. The molecule has 1 amide bonds. The van der Waals surface area contributed by atoms with Crippen molar-refractivity contribution in [3.05, 3.63) is 12.2 Å². The Hall–Kier alpha value is -0.870. The summed E-state index contributed by atoms with van der Waals surface area (Å²) in [5, 5.41) is 2.86. The van der Waals surface area contributed by atoms with E-state index in [0.717, 1.165) is 12.0 Å². The molecule has 0 radical (unpaired) electrons. The van der Waals surface area contributed by atoms with Gasteiger partial charge in [-0.05, 0) is 18.8 Å². The number of carbonyl (C=O) groups excluding carboxylic acids is 1. The van der Waals surface area contributed by atoms with Crippen molar-refractivity contribution in [3.63, 3.8) is 0 Å². The first-order chi connectivity index (χ1) is 8.26. The van der Waals surface area contributed by atoms with E-state index < -0.39 is 0 Å². The lowest BCUT2D eigenvalue weighted by Gasteiger charge is -2.24. The molecular formula is C14H28N2O2. The molecule has 1 unspecified atom stereocenters. The number of nitrogens with two attached hydrogens (primary N) is 1. The number of nitrogens with one attached hydrogen (secondary N) is 1. The number of ether oxygens (including phenoxy) is 1. The Morgan fingerprint density at radius 3 is 2.50 bits per heavy atom. The molecule has 0 bridgehead atoms. The zero-order valence-corrected chi connectivity index (χ0v) is 12.2. The minimum Gasteiger partial charge on any atom is -0.375 e. The van der Waals surface area contributed by atoms with Gasteiger partial charge in [0.25, 0.3) is 0 Å². The first-order valence-corrected chi connectivity index (χ1v) is 6.46. The maximum atomic E-state index is 11.9. The zero-order valence-electron chi connectivity index (χ0n) is 12.2. The fourth-order valence-electron chi connectivity index (χ4n) is 1.66. The molecule has 0 saturated heterocycles. The van der Waals surface area contributed by atoms with E-state index in [1.54, 1.807) is 0 Å². The van der Waals surface area contributed by atoms with Gasteiger partial charge in [-0.25, -0.2) is 0 Å². The van der Waals surface area contributed by atoms with Crippen molar-refractivity contribution in [3.8, 4) is 0 Å². The molecule has 0 saturated carbocycles. The number of hydrogen-bond acceptors (Lipinski definition) is 3. The minimum atomic E-state index is -0.119. The summed E-state index contributed by atoms with van der Waals surface area (Å²) in [7, 11) is 0. The van der Waals surface area contributed by atoms with Gasteiger partial charge in [-0.2, -0.15) is 0 Å². The minimum absolute atomic E-state index is 0.0198. The lowest BCUT2D eigenvalue weighted by molar-refractivity contribution is -0.125. The smallest absolute Gasteiger partial charge is 0.224 e. The average molecular weight is 256 g/mol. The van der Waals surface area contributed by atoms with Crippen LogP contribution < -0.4 is 11.1 Å². The molecule has 0 aliphatic rings. The fourth-order valence-corrected chi connectivity index (χ4v) is 1.66. The van der Waals surface area contributed by atoms with Crippen molar-refractivity contribution in [1.29, 1.82) is 0 Å². The zero-order chi connectivity index (χ0) is 14.2. The molecule has 0 heterocycles. The second-order valence-corrected chi connectivity index (χ2v) is 6.00. The van der Waals surface area contributed by atoms with Gasteiger partial charge in [-0.1, -0.05) is 32.9 Å². The largest absolute Gasteiger partial charge is 0.375 e. The number of hydrogen-bond donors (Lipinski definition) is 2. The van der Waals surface area contributed by atoms with Crippen molar-refractivity contribution < 1.29 is 9.53 Å². The third-order valence-corrected chi connectivity index (χ3v) is 2.41. The van der Waals surface area contributed by atoms with Crippen LogP contribution in [0.15, 0.2) is 12.2 Å². The molecule has 106 valence electrons. The topological polar surface area (TPSA) is 64.3 Å². The summed E-state index contributed by atoms with van der Waals surface area (Å²) in [6.07, 6.45) is 0.794. The third kappa shape index (κ3) is 9.19. The molecule has 4 nitrogen and oxygen atoms in total. The van der Waals surface area contributed by atoms with Crippen LogP contribution in [0.2, 0.25) is 0 Å². The number of carbonyl (C=O) groups is 1. The van der Waals surface area contributed by atoms with E-state index in [0.29, 0.717) is 26.3 Å². The van der Waals surface area contributed by atoms with E-state index in [2.05, 4.69) is 32.7 Å². The second kappa shape index (κ2) is 8.27. The predicted molar refractivity (Wildman–Crippen MR) is 75.3 cm³/mol. The molecule has 0 aliphatic heterocycles. The molecule has 0 aliphatic carbocycles. The van der Waals surface area contributed by atoms with E-state index in [1.165, 1.54) is 0 Å². The molecule has 18 heavy (non-hydrogen) atoms. The van der Waals surface area contributed by atoms with Gasteiger partial charge in [-0.15, -0.1) is 0 Å². The van der Waals surface area contributed by atoms with Gasteiger partial charge in [0.2, 0.25) is 5.91 Å². The molecule has 0 aromatic heterocycles. The van der Waals surface area contributed by atoms with E-state index in [-0.39, 0.29) is 17.2 Å². The summed E-state index contributed by atoms with van der Waals surface area (Å²) in [5.41, 5.74) is 6.74. The molecule has 0 rings (SSSR count). The number of amides is 1. The number of rotatable bonds is 8. The highest BCUT2D eigenvalue weighted by molar-refractivity contribution is 5.78. The highest BCUT2D eigenvalue weighted by Crippen LogP contribution is 2.23. The van der Waals surface area contributed by atoms with Gasteiger partial charge in [0.1, 0.15) is 0 Å². The van der Waals surface area contributed by atoms with Crippen molar-refractivity contribution in [2.45, 2.75) is 34.1 Å². The van der Waals surface area contributed by atoms with E-state index in [1.807, 2.05) is 6.92 Å². The van der Waals surface area contributed by atoms with Crippen LogP contribution in [0.4, 0.5) is 0 Å². The standard InChI is InChI=1S/C14H28N2O2/c1-11(2)10-18-7-6-16-13(17)12(9-15)8-14(3,4)5/h12H,1,6-10,15H2,2-5H3,(H,16,17). The van der Waals surface area contributed by atoms with Crippen LogP contribution in [-0.4, -0.2) is 32.2 Å². The lowest BCUT2D eigenvalue weighted by Crippen LogP contribution is -2.38. The van der Waals surface area contributed by atoms with Crippen molar-refractivity contribution in [1.82, 2.24) is 5.32 Å². The maximum absolute atomic E-state index is 11.9. The maximum Gasteiger partial charge on any atom is 0.224 e. The third-order valence-electron chi connectivity index (χ3n) is 2.41. The fraction of sp³-hybridized carbons (Fsp3) is 0.786. The SMILES string of the molecule is C=C(C)COCCNC(=O)C(CN)CC(C)(C)C. The highest BCUT2D eigenvalue weighted by Gasteiger charge is 2.23. The Balaban J connectivity index is 3.88. The van der Waals surface area contributed by atoms with Gasteiger partial charge in [0, 0.05) is 13.1 Å². The van der Waals surface area contributed by atoms with Gasteiger partial charge in [-0.3, -0.25) is 4.79 Å². The van der Waals surface area contributed by atoms with Crippen LogP contribution in [0.1, 0.15) is 34.1 Å². The first-order valence-electron chi connectivity index (χ1n) is 6.46. The molecular weight excluding hydrogens is 228 g/mol. The van der Waals surface area contributed by atoms with Gasteiger partial charge < -0.3 is 15.8 Å². The monoisotopic (exact) mass is 256 g/mol. The quantitative estimate of drug-likeness (QED) is 0.513. The normalized spacial score (nSPS) is 13.2. The van der Waals surface area contributed by atoms with Crippen LogP contribution in [-0.2, 0) is 9.53 Å². The summed E-state index contributed by atoms with van der Waals surface area (Å²) >= 11 is 0. The summed E-state index contributed by atoms with van der Waals surface area (Å²) in [4.78, 5) is 11.9. The molecule has 4 heteroatoms. The molecule has 0 aromatic rings. The Kier molecular flexibility index (Phi) is 7.87. The van der Waals surface area contributed by atoms with Gasteiger partial charge >= 0.3 is 0 Å². The van der Waals surface area contributed by atoms with E-state index >= 15 is 0 Å². The summed E-state index contributed by atoms with van der Waals surface area (Å²) in [6, 6.07) is 0. The van der Waals surface area contributed by atoms with Crippen LogP contribution in [0.3, 0.4) is 0 Å². The van der Waals surface area contributed by atoms with E-state index in [4.69, 9.17) is 10.5 Å². The second-order valence-electron chi connectivity index (χ2n) is 6.00.